The zero-order valence-electron chi connectivity index (χ0n) is 34.3. The molecule has 0 aromatic heterocycles. The van der Waals surface area contributed by atoms with Gasteiger partial charge in [0.15, 0.2) is 0 Å². The lowest BCUT2D eigenvalue weighted by Crippen LogP contribution is -2.32. The summed E-state index contributed by atoms with van der Waals surface area (Å²) in [6.07, 6.45) is 10.9. The number of allylic oxidation sites excluding steroid dienone is 2. The van der Waals surface area contributed by atoms with Crippen molar-refractivity contribution in [3.63, 3.8) is 0 Å². The van der Waals surface area contributed by atoms with E-state index in [9.17, 15) is 0 Å². The Kier molecular flexibility index (Phi) is 7.98. The highest BCUT2D eigenvalue weighted by Crippen LogP contribution is 2.62. The topological polar surface area (TPSA) is 42.9 Å². The van der Waals surface area contributed by atoms with Crippen LogP contribution in [0.3, 0.4) is 0 Å². The second kappa shape index (κ2) is 14.1. The summed E-state index contributed by atoms with van der Waals surface area (Å²) in [5.41, 5.74) is 16.8. The van der Waals surface area contributed by atoms with Crippen molar-refractivity contribution < 1.29 is 9.47 Å². The normalized spacial score (nSPS) is 18.9. The molecule has 1 spiro atoms. The lowest BCUT2D eigenvalue weighted by Gasteiger charge is -2.39. The molecule has 1 N–H and O–H groups in total. The van der Waals surface area contributed by atoms with Crippen LogP contribution in [0, 0.1) is 0 Å². The molecular formula is C59H40N2O2. The van der Waals surface area contributed by atoms with Gasteiger partial charge in [-0.2, -0.15) is 0 Å². The van der Waals surface area contributed by atoms with E-state index in [0.29, 0.717) is 0 Å². The molecule has 4 heteroatoms. The van der Waals surface area contributed by atoms with Gasteiger partial charge in [0.1, 0.15) is 29.2 Å². The minimum atomic E-state index is -0.490. The molecule has 3 heterocycles. The van der Waals surface area contributed by atoms with E-state index >= 15 is 0 Å². The van der Waals surface area contributed by atoms with Crippen LogP contribution >= 0.6 is 0 Å². The van der Waals surface area contributed by atoms with Gasteiger partial charge in [-0.05, 0) is 74.9 Å². The van der Waals surface area contributed by atoms with E-state index in [-0.39, 0.29) is 18.1 Å². The van der Waals surface area contributed by atoms with E-state index in [4.69, 9.17) is 14.5 Å². The summed E-state index contributed by atoms with van der Waals surface area (Å²) in [4.78, 5) is 5.27. The molecule has 0 saturated carbocycles. The molecular weight excluding hydrogens is 769 g/mol. The summed E-state index contributed by atoms with van der Waals surface area (Å²) in [6, 6.07) is 67.5. The van der Waals surface area contributed by atoms with Crippen LogP contribution in [0.5, 0.6) is 17.2 Å². The summed E-state index contributed by atoms with van der Waals surface area (Å²) >= 11 is 0. The van der Waals surface area contributed by atoms with Crippen molar-refractivity contribution in [2.24, 2.45) is 4.99 Å². The Balaban J connectivity index is 0.875. The number of nitrogens with one attached hydrogen (secondary N) is 1. The number of fused-ring (bicyclic) bond motifs is 12. The van der Waals surface area contributed by atoms with Crippen molar-refractivity contribution in [3.8, 4) is 50.6 Å². The molecule has 63 heavy (non-hydrogen) atoms. The molecule has 8 aromatic rings. The van der Waals surface area contributed by atoms with Crippen molar-refractivity contribution >= 4 is 11.5 Å². The maximum absolute atomic E-state index is 6.86. The number of amidine groups is 1. The first kappa shape index (κ1) is 35.8. The van der Waals surface area contributed by atoms with Gasteiger partial charge in [-0.15, -0.1) is 0 Å². The number of aliphatic imine (C=N–C) groups is 1. The Morgan fingerprint density at radius 1 is 0.476 bits per heavy atom. The Morgan fingerprint density at radius 2 is 1.11 bits per heavy atom. The number of ether oxygens (including phenoxy) is 2. The minimum Gasteiger partial charge on any atom is -0.484 e. The fourth-order valence-electron chi connectivity index (χ4n) is 10.7. The third-order valence-corrected chi connectivity index (χ3v) is 13.6. The van der Waals surface area contributed by atoms with Crippen LogP contribution in [0.1, 0.15) is 56.5 Å². The van der Waals surface area contributed by atoms with Crippen LogP contribution in [0.25, 0.3) is 39.1 Å². The molecule has 3 aliphatic heterocycles. The van der Waals surface area contributed by atoms with Crippen molar-refractivity contribution in [3.05, 3.63) is 263 Å². The Morgan fingerprint density at radius 3 is 1.94 bits per heavy atom. The quantitative estimate of drug-likeness (QED) is 0.188. The van der Waals surface area contributed by atoms with Gasteiger partial charge in [-0.3, -0.25) is 0 Å². The SMILES string of the molecule is C1=CC2Oc3c(-c4ccc(C5C=C(c6cccc(-c7ccc8c(c7)Oc7ccccc7C87c8ccccc8-c8ccccc87)c6)N=C(c6ccccc6)N5)cc4)cccc3C2C=C1. The minimum absolute atomic E-state index is 0.0491. The lowest BCUT2D eigenvalue weighted by molar-refractivity contribution is 0.270. The maximum atomic E-state index is 6.86. The number of nitrogens with zero attached hydrogens (tertiary/aromatic N) is 1. The molecule has 0 amide bonds. The Hall–Kier alpha value is -7.95. The van der Waals surface area contributed by atoms with Gasteiger partial charge in [-0.25, -0.2) is 4.99 Å². The smallest absolute Gasteiger partial charge is 0.134 e. The fraction of sp³-hybridized carbons (Fsp3) is 0.0678. The van der Waals surface area contributed by atoms with E-state index in [1.165, 1.54) is 33.4 Å². The van der Waals surface area contributed by atoms with E-state index in [1.807, 2.05) is 6.07 Å². The zero-order chi connectivity index (χ0) is 41.5. The molecule has 0 saturated heterocycles. The van der Waals surface area contributed by atoms with E-state index in [1.54, 1.807) is 0 Å². The fourth-order valence-corrected chi connectivity index (χ4v) is 10.7. The van der Waals surface area contributed by atoms with Crippen molar-refractivity contribution in [1.29, 1.82) is 0 Å². The first-order valence-electron chi connectivity index (χ1n) is 21.8. The third-order valence-electron chi connectivity index (χ3n) is 13.6. The molecule has 0 bridgehead atoms. The van der Waals surface area contributed by atoms with Crippen molar-refractivity contribution in [2.75, 3.05) is 0 Å². The first-order chi connectivity index (χ1) is 31.2. The van der Waals surface area contributed by atoms with Crippen LogP contribution in [-0.2, 0) is 5.41 Å². The maximum Gasteiger partial charge on any atom is 0.134 e. The molecule has 8 aromatic carbocycles. The van der Waals surface area contributed by atoms with E-state index in [2.05, 4.69) is 218 Å². The van der Waals surface area contributed by atoms with Crippen LogP contribution < -0.4 is 14.8 Å². The van der Waals surface area contributed by atoms with Gasteiger partial charge in [0.25, 0.3) is 0 Å². The second-order valence-electron chi connectivity index (χ2n) is 17.0. The largest absolute Gasteiger partial charge is 0.484 e. The van der Waals surface area contributed by atoms with Gasteiger partial charge in [0.05, 0.1) is 17.2 Å². The van der Waals surface area contributed by atoms with Crippen LogP contribution in [0.2, 0.25) is 0 Å². The molecule has 5 aliphatic rings. The second-order valence-corrected chi connectivity index (χ2v) is 17.0. The van der Waals surface area contributed by atoms with Crippen LogP contribution in [0.4, 0.5) is 0 Å². The van der Waals surface area contributed by atoms with Gasteiger partial charge in [0.2, 0.25) is 0 Å². The van der Waals surface area contributed by atoms with Gasteiger partial charge in [0, 0.05) is 39.3 Å². The number of para-hydroxylation sites is 2. The summed E-state index contributed by atoms with van der Waals surface area (Å²) in [5, 5.41) is 3.76. The average molecular weight is 809 g/mol. The lowest BCUT2D eigenvalue weighted by atomic mass is 9.66. The first-order valence-corrected chi connectivity index (χ1v) is 21.8. The molecule has 13 rings (SSSR count). The van der Waals surface area contributed by atoms with Crippen LogP contribution in [-0.4, -0.2) is 11.9 Å². The number of benzene rings is 8. The van der Waals surface area contributed by atoms with Crippen molar-refractivity contribution in [1.82, 2.24) is 5.32 Å². The van der Waals surface area contributed by atoms with Crippen molar-refractivity contribution in [2.45, 2.75) is 23.5 Å². The van der Waals surface area contributed by atoms with E-state index < -0.39 is 5.41 Å². The molecule has 3 unspecified atom stereocenters. The molecule has 3 atom stereocenters. The van der Waals surface area contributed by atoms with Gasteiger partial charge >= 0.3 is 0 Å². The third kappa shape index (κ3) is 5.51. The Bertz CT molecular complexity index is 3240. The molecule has 298 valence electrons. The standard InChI is InChI=1S/C59H40N2O2/c1-2-14-39(15-3-1)58-60-52(38-30-28-37(29-31-38)43-21-13-22-47-46-20-6-10-26-54(46)63-57(43)47)36-53(61-58)42-17-12-16-40(34-42)41-32-33-51-56(35-41)62-55-27-11-9-25-50(55)59(51)48-23-7-4-18-44(48)45-19-5-8-24-49(45)59/h1-36,46,52,54H,(H,60,61). The summed E-state index contributed by atoms with van der Waals surface area (Å²) in [7, 11) is 0. The molecule has 4 nitrogen and oxygen atoms in total. The average Bonchev–Trinajstić information content (AvgIpc) is 3.88. The van der Waals surface area contributed by atoms with Gasteiger partial charge < -0.3 is 14.8 Å². The number of rotatable bonds is 5. The summed E-state index contributed by atoms with van der Waals surface area (Å²) in [5.74, 6) is 3.84. The highest BCUT2D eigenvalue weighted by Gasteiger charge is 2.51. The van der Waals surface area contributed by atoms with Gasteiger partial charge in [-0.1, -0.05) is 188 Å². The predicted molar refractivity (Wildman–Crippen MR) is 253 cm³/mol. The zero-order valence-corrected chi connectivity index (χ0v) is 34.3. The number of hydrogen-bond donors (Lipinski definition) is 1. The highest BCUT2D eigenvalue weighted by atomic mass is 16.5. The summed E-state index contributed by atoms with van der Waals surface area (Å²) in [6.45, 7) is 0. The molecule has 2 aliphatic carbocycles. The Labute approximate surface area is 366 Å². The van der Waals surface area contributed by atoms with Crippen LogP contribution in [0.15, 0.2) is 223 Å². The summed E-state index contributed by atoms with van der Waals surface area (Å²) < 4.78 is 13.4. The monoisotopic (exact) mass is 808 g/mol. The van der Waals surface area contributed by atoms with E-state index in [0.717, 1.165) is 73.3 Å². The number of hydrogen-bond acceptors (Lipinski definition) is 4. The molecule has 0 fully saturated rings. The predicted octanol–water partition coefficient (Wildman–Crippen LogP) is 13.6. The highest BCUT2D eigenvalue weighted by molar-refractivity contribution is 6.03. The molecule has 0 radical (unpaired) electrons.